The third-order valence-corrected chi connectivity index (χ3v) is 4.10. The third kappa shape index (κ3) is 2.60. The summed E-state index contributed by atoms with van der Waals surface area (Å²) in [6.07, 6.45) is 0. The van der Waals surface area contributed by atoms with Gasteiger partial charge in [-0.2, -0.15) is 0 Å². The molecule has 0 amide bonds. The first-order valence-corrected chi connectivity index (χ1v) is 6.36. The van der Waals surface area contributed by atoms with Gasteiger partial charge in [0, 0.05) is 13.1 Å². The SMILES string of the molecule is O=S(c1ccc(Cl)c(F)c1)N1CCOCC1. The van der Waals surface area contributed by atoms with Crippen molar-refractivity contribution in [3.05, 3.63) is 29.0 Å². The molecule has 88 valence electrons. The fraction of sp³-hybridized carbons (Fsp3) is 0.400. The Morgan fingerprint density at radius 1 is 1.38 bits per heavy atom. The lowest BCUT2D eigenvalue weighted by atomic mass is 10.3. The summed E-state index contributed by atoms with van der Waals surface area (Å²) in [6, 6.07) is 4.22. The Labute approximate surface area is 101 Å². The minimum absolute atomic E-state index is 0.0442. The highest BCUT2D eigenvalue weighted by molar-refractivity contribution is 7.82. The van der Waals surface area contributed by atoms with Crippen LogP contribution >= 0.6 is 11.6 Å². The number of ether oxygens (including phenoxy) is 1. The topological polar surface area (TPSA) is 29.5 Å². The summed E-state index contributed by atoms with van der Waals surface area (Å²) in [5, 5.41) is 0.0442. The summed E-state index contributed by atoms with van der Waals surface area (Å²) < 4.78 is 32.1. The second kappa shape index (κ2) is 5.23. The van der Waals surface area contributed by atoms with Crippen molar-refractivity contribution in [3.63, 3.8) is 0 Å². The van der Waals surface area contributed by atoms with E-state index in [1.54, 1.807) is 10.4 Å². The van der Waals surface area contributed by atoms with Crippen LogP contribution in [0.25, 0.3) is 0 Å². The van der Waals surface area contributed by atoms with Crippen molar-refractivity contribution in [1.29, 1.82) is 0 Å². The first kappa shape index (κ1) is 12.0. The van der Waals surface area contributed by atoms with E-state index in [0.717, 1.165) is 0 Å². The van der Waals surface area contributed by atoms with Crippen molar-refractivity contribution in [2.24, 2.45) is 0 Å². The van der Waals surface area contributed by atoms with E-state index in [0.29, 0.717) is 31.2 Å². The summed E-state index contributed by atoms with van der Waals surface area (Å²) in [4.78, 5) is 0.434. The van der Waals surface area contributed by atoms with Gasteiger partial charge >= 0.3 is 0 Å². The minimum Gasteiger partial charge on any atom is -0.379 e. The van der Waals surface area contributed by atoms with Gasteiger partial charge in [-0.05, 0) is 18.2 Å². The summed E-state index contributed by atoms with van der Waals surface area (Å²) in [5.74, 6) is -0.541. The fourth-order valence-corrected chi connectivity index (χ4v) is 2.73. The molecule has 1 atom stereocenters. The molecule has 1 aliphatic rings. The maximum Gasteiger partial charge on any atom is 0.143 e. The van der Waals surface area contributed by atoms with Gasteiger partial charge in [0.25, 0.3) is 0 Å². The number of halogens is 2. The molecule has 1 fully saturated rings. The molecule has 3 nitrogen and oxygen atoms in total. The Morgan fingerprint density at radius 2 is 2.06 bits per heavy atom. The van der Waals surface area contributed by atoms with Gasteiger partial charge in [-0.3, -0.25) is 0 Å². The van der Waals surface area contributed by atoms with Gasteiger partial charge in [-0.15, -0.1) is 0 Å². The van der Waals surface area contributed by atoms with E-state index in [9.17, 15) is 8.60 Å². The third-order valence-electron chi connectivity index (χ3n) is 2.30. The van der Waals surface area contributed by atoms with Crippen LogP contribution in [0.15, 0.2) is 23.1 Å². The van der Waals surface area contributed by atoms with Crippen LogP contribution in [0.5, 0.6) is 0 Å². The first-order chi connectivity index (χ1) is 7.68. The molecule has 1 heterocycles. The number of hydrogen-bond acceptors (Lipinski definition) is 2. The van der Waals surface area contributed by atoms with E-state index in [-0.39, 0.29) is 5.02 Å². The highest BCUT2D eigenvalue weighted by atomic mass is 35.5. The molecule has 0 bridgehead atoms. The Balaban J connectivity index is 2.16. The molecule has 1 unspecified atom stereocenters. The zero-order valence-corrected chi connectivity index (χ0v) is 10.1. The number of morpholine rings is 1. The standard InChI is InChI=1S/C10H11ClFNO2S/c11-9-2-1-8(7-10(9)12)16(14)13-3-5-15-6-4-13/h1-2,7H,3-6H2. The van der Waals surface area contributed by atoms with Crippen LogP contribution in [0, 0.1) is 5.82 Å². The average Bonchev–Trinajstić information content (AvgIpc) is 2.33. The van der Waals surface area contributed by atoms with Crippen LogP contribution in [0.3, 0.4) is 0 Å². The van der Waals surface area contributed by atoms with Crippen LogP contribution in [0.1, 0.15) is 0 Å². The van der Waals surface area contributed by atoms with Gasteiger partial charge < -0.3 is 4.74 Å². The van der Waals surface area contributed by atoms with E-state index in [4.69, 9.17) is 16.3 Å². The van der Waals surface area contributed by atoms with Gasteiger partial charge in [0.1, 0.15) is 16.8 Å². The second-order valence-corrected chi connectivity index (χ2v) is 5.26. The molecule has 16 heavy (non-hydrogen) atoms. The van der Waals surface area contributed by atoms with E-state index >= 15 is 0 Å². The lowest BCUT2D eigenvalue weighted by Crippen LogP contribution is -2.37. The predicted octanol–water partition coefficient (Wildman–Crippen LogP) is 1.83. The summed E-state index contributed by atoms with van der Waals surface area (Å²) in [5.41, 5.74) is 0. The highest BCUT2D eigenvalue weighted by Gasteiger charge is 2.18. The average molecular weight is 264 g/mol. The van der Waals surface area contributed by atoms with Gasteiger partial charge in [0.05, 0.1) is 23.1 Å². The summed E-state index contributed by atoms with van der Waals surface area (Å²) in [6.45, 7) is 2.30. The normalized spacial score (nSPS) is 19.6. The van der Waals surface area contributed by atoms with Crippen molar-refractivity contribution < 1.29 is 13.3 Å². The van der Waals surface area contributed by atoms with Crippen molar-refractivity contribution in [2.45, 2.75) is 4.90 Å². The summed E-state index contributed by atoms with van der Waals surface area (Å²) >= 11 is 5.56. The predicted molar refractivity (Wildman–Crippen MR) is 60.2 cm³/mol. The van der Waals surface area contributed by atoms with Crippen LogP contribution < -0.4 is 0 Å². The zero-order valence-electron chi connectivity index (χ0n) is 8.49. The number of benzene rings is 1. The monoisotopic (exact) mass is 263 g/mol. The lowest BCUT2D eigenvalue weighted by Gasteiger charge is -2.25. The minimum atomic E-state index is -1.33. The molecule has 0 N–H and O–H groups in total. The molecule has 0 radical (unpaired) electrons. The molecule has 1 aromatic rings. The fourth-order valence-electron chi connectivity index (χ4n) is 1.45. The van der Waals surface area contributed by atoms with Crippen molar-refractivity contribution >= 4 is 22.6 Å². The molecular weight excluding hydrogens is 253 g/mol. The Hall–Kier alpha value is -0.490. The van der Waals surface area contributed by atoms with Gasteiger partial charge in [0.15, 0.2) is 0 Å². The molecule has 1 aromatic carbocycles. The van der Waals surface area contributed by atoms with Crippen LogP contribution in [0.4, 0.5) is 4.39 Å². The zero-order chi connectivity index (χ0) is 11.5. The number of nitrogens with zero attached hydrogens (tertiary/aromatic N) is 1. The van der Waals surface area contributed by atoms with Crippen LogP contribution in [-0.2, 0) is 15.7 Å². The van der Waals surface area contributed by atoms with Crippen LogP contribution in [0.2, 0.25) is 5.02 Å². The number of hydrogen-bond donors (Lipinski definition) is 0. The summed E-state index contributed by atoms with van der Waals surface area (Å²) in [7, 11) is -1.33. The van der Waals surface area contributed by atoms with Crippen molar-refractivity contribution in [3.8, 4) is 0 Å². The Bertz CT molecular complexity index is 410. The maximum absolute atomic E-state index is 13.2. The molecule has 2 rings (SSSR count). The first-order valence-electron chi connectivity index (χ1n) is 4.88. The molecule has 0 aliphatic carbocycles. The van der Waals surface area contributed by atoms with Gasteiger partial charge in [0.2, 0.25) is 0 Å². The smallest absolute Gasteiger partial charge is 0.143 e. The largest absolute Gasteiger partial charge is 0.379 e. The maximum atomic E-state index is 13.2. The van der Waals surface area contributed by atoms with E-state index in [2.05, 4.69) is 0 Å². The van der Waals surface area contributed by atoms with E-state index < -0.39 is 16.8 Å². The number of rotatable bonds is 2. The van der Waals surface area contributed by atoms with E-state index in [1.165, 1.54) is 12.1 Å². The molecule has 0 aromatic heterocycles. The van der Waals surface area contributed by atoms with Crippen molar-refractivity contribution in [1.82, 2.24) is 4.31 Å². The Morgan fingerprint density at radius 3 is 2.69 bits per heavy atom. The van der Waals surface area contributed by atoms with E-state index in [1.807, 2.05) is 0 Å². The molecule has 1 aliphatic heterocycles. The Kier molecular flexibility index (Phi) is 3.91. The van der Waals surface area contributed by atoms with Gasteiger partial charge in [-0.1, -0.05) is 11.6 Å². The molecule has 6 heteroatoms. The van der Waals surface area contributed by atoms with Gasteiger partial charge in [-0.25, -0.2) is 12.9 Å². The molecule has 0 saturated carbocycles. The second-order valence-electron chi connectivity index (χ2n) is 3.37. The lowest BCUT2D eigenvalue weighted by molar-refractivity contribution is 0.0752. The molecule has 0 spiro atoms. The molecule has 1 saturated heterocycles. The van der Waals surface area contributed by atoms with Crippen molar-refractivity contribution in [2.75, 3.05) is 26.3 Å². The van der Waals surface area contributed by atoms with Crippen LogP contribution in [-0.4, -0.2) is 34.8 Å². The highest BCUT2D eigenvalue weighted by Crippen LogP contribution is 2.19. The molecular formula is C10H11ClFNO2S. The quantitative estimate of drug-likeness (QED) is 0.815.